The van der Waals surface area contributed by atoms with Crippen LogP contribution in [0.2, 0.25) is 0 Å². The molecule has 1 fully saturated rings. The summed E-state index contributed by atoms with van der Waals surface area (Å²) < 4.78 is 0. The lowest BCUT2D eigenvalue weighted by Gasteiger charge is -2.14. The Morgan fingerprint density at radius 3 is 2.15 bits per heavy atom. The number of likely N-dealkylation sites (N-methyl/N-ethyl adjacent to an activating group) is 1. The molecule has 1 aliphatic heterocycles. The van der Waals surface area contributed by atoms with Crippen LogP contribution in [0.1, 0.15) is 103 Å². The molecule has 0 aromatic carbocycles. The summed E-state index contributed by atoms with van der Waals surface area (Å²) in [5.41, 5.74) is 0. The summed E-state index contributed by atoms with van der Waals surface area (Å²) in [5.74, 6) is 0.152. The van der Waals surface area contributed by atoms with Gasteiger partial charge >= 0.3 is 0 Å². The number of nitrogens with one attached hydrogen (secondary N) is 3. The number of unbranched alkanes of at least 4 members (excludes halogenated alkanes) is 11. The topological polar surface area (TPSA) is 73.5 Å². The fraction of sp³-hybridized carbons (Fsp3) is 0.852. The molecule has 0 bridgehead atoms. The van der Waals surface area contributed by atoms with Crippen LogP contribution in [0.4, 0.5) is 0 Å². The van der Waals surface area contributed by atoms with Crippen molar-refractivity contribution in [2.24, 2.45) is 0 Å². The van der Waals surface area contributed by atoms with Gasteiger partial charge in [0.15, 0.2) is 0 Å². The first-order valence-electron chi connectivity index (χ1n) is 13.6. The maximum atomic E-state index is 12.2. The maximum absolute atomic E-state index is 12.2. The van der Waals surface area contributed by atoms with Gasteiger partial charge in [0.2, 0.25) is 11.8 Å². The Kier molecular flexibility index (Phi) is 18.0. The second kappa shape index (κ2) is 20.0. The predicted octanol–water partition coefficient (Wildman–Crippen LogP) is 4.55. The summed E-state index contributed by atoms with van der Waals surface area (Å²) in [4.78, 5) is 26.4. The first kappa shape index (κ1) is 29.6. The van der Waals surface area contributed by atoms with Crippen LogP contribution in [0.3, 0.4) is 0 Å². The molecular weight excluding hydrogens is 412 g/mol. The molecule has 6 heteroatoms. The first-order valence-corrected chi connectivity index (χ1v) is 13.6. The number of nitrogens with zero attached hydrogens (tertiary/aromatic N) is 1. The molecule has 0 radical (unpaired) electrons. The lowest BCUT2D eigenvalue weighted by molar-refractivity contribution is -0.124. The van der Waals surface area contributed by atoms with Gasteiger partial charge in [0.1, 0.15) is 0 Å². The minimum absolute atomic E-state index is 0.0332. The first-order chi connectivity index (χ1) is 16.0. The van der Waals surface area contributed by atoms with Crippen molar-refractivity contribution in [2.75, 3.05) is 33.7 Å². The van der Waals surface area contributed by atoms with Gasteiger partial charge in [-0.15, -0.1) is 0 Å². The number of allylic oxidation sites excluding steroid dienone is 2. The predicted molar refractivity (Wildman–Crippen MR) is 139 cm³/mol. The van der Waals surface area contributed by atoms with Crippen LogP contribution in [0.15, 0.2) is 12.2 Å². The zero-order chi connectivity index (χ0) is 24.2. The Hall–Kier alpha value is -1.40. The van der Waals surface area contributed by atoms with E-state index in [-0.39, 0.29) is 23.9 Å². The van der Waals surface area contributed by atoms with Crippen LogP contribution in [-0.2, 0) is 9.59 Å². The smallest absolute Gasteiger partial charge is 0.237 e. The average Bonchev–Trinajstić information content (AvgIpc) is 3.24. The number of carbonyl (C=O) groups is 2. The van der Waals surface area contributed by atoms with Gasteiger partial charge in [-0.2, -0.15) is 0 Å². The molecule has 0 aromatic rings. The molecule has 1 rings (SSSR count). The normalized spacial score (nSPS) is 18.3. The molecule has 0 unspecified atom stereocenters. The number of hydrogen-bond acceptors (Lipinski definition) is 4. The zero-order valence-electron chi connectivity index (χ0n) is 21.8. The lowest BCUT2D eigenvalue weighted by Crippen LogP contribution is -2.42. The number of rotatable bonds is 20. The Bertz CT molecular complexity index is 536. The Balaban J connectivity index is 1.92. The lowest BCUT2D eigenvalue weighted by atomic mass is 10.1. The van der Waals surface area contributed by atoms with Crippen molar-refractivity contribution in [1.82, 2.24) is 20.9 Å². The van der Waals surface area contributed by atoms with Crippen LogP contribution in [-0.4, -0.2) is 62.5 Å². The van der Waals surface area contributed by atoms with E-state index >= 15 is 0 Å². The van der Waals surface area contributed by atoms with E-state index in [1.165, 1.54) is 70.6 Å². The van der Waals surface area contributed by atoms with Gasteiger partial charge in [0.25, 0.3) is 0 Å². The molecule has 1 saturated heterocycles. The molecule has 0 aliphatic carbocycles. The van der Waals surface area contributed by atoms with Crippen LogP contribution >= 0.6 is 0 Å². The van der Waals surface area contributed by atoms with Crippen molar-refractivity contribution in [3.05, 3.63) is 12.2 Å². The highest BCUT2D eigenvalue weighted by atomic mass is 16.2. The summed E-state index contributed by atoms with van der Waals surface area (Å²) in [6, 6.07) is -0.137. The van der Waals surface area contributed by atoms with Crippen molar-refractivity contribution in [3.63, 3.8) is 0 Å². The highest BCUT2D eigenvalue weighted by Gasteiger charge is 2.29. The second-order valence-corrected chi connectivity index (χ2v) is 9.89. The van der Waals surface area contributed by atoms with Crippen LogP contribution in [0.5, 0.6) is 0 Å². The Labute approximate surface area is 203 Å². The second-order valence-electron chi connectivity index (χ2n) is 9.89. The highest BCUT2D eigenvalue weighted by molar-refractivity contribution is 5.82. The molecule has 3 N–H and O–H groups in total. The van der Waals surface area contributed by atoms with E-state index in [1.54, 1.807) is 0 Å². The fourth-order valence-corrected chi connectivity index (χ4v) is 4.23. The number of hydrogen-bond donors (Lipinski definition) is 3. The quantitative estimate of drug-likeness (QED) is 0.183. The van der Waals surface area contributed by atoms with Crippen LogP contribution in [0, 0.1) is 0 Å². The van der Waals surface area contributed by atoms with Crippen molar-refractivity contribution in [1.29, 1.82) is 0 Å². The molecule has 0 aromatic heterocycles. The van der Waals surface area contributed by atoms with Gasteiger partial charge in [-0.25, -0.2) is 0 Å². The summed E-state index contributed by atoms with van der Waals surface area (Å²) >= 11 is 0. The van der Waals surface area contributed by atoms with Gasteiger partial charge in [-0.3, -0.25) is 9.59 Å². The van der Waals surface area contributed by atoms with Crippen LogP contribution in [0.25, 0.3) is 0 Å². The standard InChI is InChI=1S/C27H52N4O2/c1-4-5-6-7-8-9-10-11-12-13-14-15-16-17-18-19-26(32)30-24-22-25(29-23-24)27(33)28-20-21-31(2)3/h11-12,24-25,29H,4-10,13-23H2,1-3H3,(H,28,33)(H,30,32)/b12-11-/t24-,25-/m0/s1. The Morgan fingerprint density at radius 2 is 1.52 bits per heavy atom. The third-order valence-electron chi connectivity index (χ3n) is 6.34. The molecule has 192 valence electrons. The van der Waals surface area contributed by atoms with E-state index in [4.69, 9.17) is 0 Å². The molecule has 33 heavy (non-hydrogen) atoms. The summed E-state index contributed by atoms with van der Waals surface area (Å²) in [5, 5.41) is 9.27. The van der Waals surface area contributed by atoms with Crippen molar-refractivity contribution >= 4 is 11.8 Å². The van der Waals surface area contributed by atoms with E-state index in [0.717, 1.165) is 19.4 Å². The molecule has 0 saturated carbocycles. The fourth-order valence-electron chi connectivity index (χ4n) is 4.23. The molecular formula is C27H52N4O2. The zero-order valence-corrected chi connectivity index (χ0v) is 21.8. The number of amides is 2. The van der Waals surface area contributed by atoms with Crippen molar-refractivity contribution in [2.45, 2.75) is 115 Å². The van der Waals surface area contributed by atoms with Gasteiger partial charge in [-0.05, 0) is 52.6 Å². The molecule has 2 amide bonds. The van der Waals surface area contributed by atoms with E-state index in [0.29, 0.717) is 25.9 Å². The summed E-state index contributed by atoms with van der Waals surface area (Å²) in [6.07, 6.45) is 22.4. The SMILES string of the molecule is CCCCCCCC/C=C\CCCCCCCC(=O)N[C@@H]1CN[C@H](C(=O)NCCN(C)C)C1. The highest BCUT2D eigenvalue weighted by Crippen LogP contribution is 2.11. The van der Waals surface area contributed by atoms with E-state index in [9.17, 15) is 9.59 Å². The van der Waals surface area contributed by atoms with Gasteiger partial charge in [0, 0.05) is 32.1 Å². The van der Waals surface area contributed by atoms with Gasteiger partial charge in [-0.1, -0.05) is 70.4 Å². The Morgan fingerprint density at radius 1 is 0.909 bits per heavy atom. The molecule has 1 heterocycles. The molecule has 0 spiro atoms. The summed E-state index contributed by atoms with van der Waals surface area (Å²) in [7, 11) is 3.98. The van der Waals surface area contributed by atoms with Gasteiger partial charge < -0.3 is 20.9 Å². The summed E-state index contributed by atoms with van der Waals surface area (Å²) in [6.45, 7) is 4.41. The van der Waals surface area contributed by atoms with Crippen molar-refractivity contribution in [3.8, 4) is 0 Å². The van der Waals surface area contributed by atoms with E-state index in [1.807, 2.05) is 19.0 Å². The molecule has 1 aliphatic rings. The monoisotopic (exact) mass is 464 g/mol. The third kappa shape index (κ3) is 16.8. The molecule has 2 atom stereocenters. The number of carbonyl (C=O) groups excluding carboxylic acids is 2. The van der Waals surface area contributed by atoms with Crippen LogP contribution < -0.4 is 16.0 Å². The third-order valence-corrected chi connectivity index (χ3v) is 6.34. The maximum Gasteiger partial charge on any atom is 0.237 e. The van der Waals surface area contributed by atoms with E-state index in [2.05, 4.69) is 35.0 Å². The van der Waals surface area contributed by atoms with E-state index < -0.39 is 0 Å². The average molecular weight is 465 g/mol. The minimum atomic E-state index is -0.197. The van der Waals surface area contributed by atoms with Gasteiger partial charge in [0.05, 0.1) is 6.04 Å². The molecule has 6 nitrogen and oxygen atoms in total. The largest absolute Gasteiger partial charge is 0.353 e. The minimum Gasteiger partial charge on any atom is -0.353 e. The van der Waals surface area contributed by atoms with Crippen molar-refractivity contribution < 1.29 is 9.59 Å².